The first-order chi connectivity index (χ1) is 24.8. The van der Waals surface area contributed by atoms with Gasteiger partial charge in [-0.25, -0.2) is 15.0 Å². The van der Waals surface area contributed by atoms with Crippen molar-refractivity contribution in [1.82, 2.24) is 15.0 Å². The Kier molecular flexibility index (Phi) is 6.78. The van der Waals surface area contributed by atoms with Gasteiger partial charge in [0.2, 0.25) is 0 Å². The van der Waals surface area contributed by atoms with Gasteiger partial charge in [-0.1, -0.05) is 140 Å². The Labute approximate surface area is 293 Å². The summed E-state index contributed by atoms with van der Waals surface area (Å²) in [6.07, 6.45) is 8.61. The molecule has 3 heterocycles. The molecule has 2 aromatic heterocycles. The minimum absolute atomic E-state index is 0.0432. The second kappa shape index (κ2) is 11.8. The molecule has 236 valence electrons. The number of fused-ring (bicyclic) bond motifs is 6. The molecule has 0 fully saturated rings. The van der Waals surface area contributed by atoms with Gasteiger partial charge in [0.1, 0.15) is 11.9 Å². The minimum Gasteiger partial charge on any atom is -0.485 e. The van der Waals surface area contributed by atoms with Crippen LogP contribution in [0.15, 0.2) is 164 Å². The molecule has 2 atom stereocenters. The fourth-order valence-electron chi connectivity index (χ4n) is 7.36. The third kappa shape index (κ3) is 4.78. The zero-order valence-electron chi connectivity index (χ0n) is 26.9. The van der Waals surface area contributed by atoms with Crippen LogP contribution in [-0.2, 0) is 0 Å². The maximum atomic E-state index is 6.30. The van der Waals surface area contributed by atoms with Crippen LogP contribution in [0.4, 0.5) is 0 Å². The molecule has 0 saturated heterocycles. The predicted octanol–water partition coefficient (Wildman–Crippen LogP) is 11.5. The molecule has 10 rings (SSSR count). The molecule has 0 amide bonds. The lowest BCUT2D eigenvalue weighted by Crippen LogP contribution is -2.15. The van der Waals surface area contributed by atoms with Crippen LogP contribution in [-0.4, -0.2) is 21.1 Å². The van der Waals surface area contributed by atoms with Gasteiger partial charge in [-0.15, -0.1) is 11.3 Å². The van der Waals surface area contributed by atoms with E-state index in [4.69, 9.17) is 19.7 Å². The van der Waals surface area contributed by atoms with E-state index in [-0.39, 0.29) is 12.0 Å². The van der Waals surface area contributed by atoms with Gasteiger partial charge in [0.15, 0.2) is 17.5 Å². The van der Waals surface area contributed by atoms with Gasteiger partial charge in [-0.2, -0.15) is 0 Å². The summed E-state index contributed by atoms with van der Waals surface area (Å²) in [5.41, 5.74) is 8.66. The van der Waals surface area contributed by atoms with E-state index in [1.54, 1.807) is 11.3 Å². The standard InChI is InChI=1S/C45H29N3OS/c1-2-12-28(13-3-1)31-14-4-5-16-35(31)44-46-43(47-45(48-44)37-20-10-19-34-33-15-7-9-23-40(33)50-42(34)37)30-26-24-29(25-27-30)32-18-11-22-39-41(32)36-17-6-8-21-38(36)49-39/h1-27,36,38H. The molecule has 0 N–H and O–H groups in total. The fraction of sp³-hybridized carbons (Fsp3) is 0.0444. The molecule has 0 spiro atoms. The number of benzene rings is 6. The van der Waals surface area contributed by atoms with E-state index in [1.807, 2.05) is 6.07 Å². The van der Waals surface area contributed by atoms with Gasteiger partial charge < -0.3 is 4.74 Å². The molecule has 0 radical (unpaired) electrons. The van der Waals surface area contributed by atoms with E-state index >= 15 is 0 Å². The third-order valence-corrected chi connectivity index (χ3v) is 11.0. The molecule has 2 unspecified atom stereocenters. The topological polar surface area (TPSA) is 47.9 Å². The average Bonchev–Trinajstić information content (AvgIpc) is 3.77. The molecule has 4 nitrogen and oxygen atoms in total. The Bertz CT molecular complexity index is 2640. The van der Waals surface area contributed by atoms with Gasteiger partial charge in [0.25, 0.3) is 0 Å². The van der Waals surface area contributed by atoms with Gasteiger partial charge >= 0.3 is 0 Å². The molecule has 0 saturated carbocycles. The molecule has 2 aliphatic rings. The Balaban J connectivity index is 1.13. The molecule has 0 bridgehead atoms. The fourth-order valence-corrected chi connectivity index (χ4v) is 8.58. The summed E-state index contributed by atoms with van der Waals surface area (Å²) in [4.78, 5) is 15.6. The van der Waals surface area contributed by atoms with E-state index in [0.29, 0.717) is 17.5 Å². The maximum absolute atomic E-state index is 6.30. The lowest BCUT2D eigenvalue weighted by molar-refractivity contribution is 0.269. The molecule has 1 aliphatic heterocycles. The second-order valence-electron chi connectivity index (χ2n) is 12.7. The van der Waals surface area contributed by atoms with Crippen LogP contribution < -0.4 is 4.74 Å². The summed E-state index contributed by atoms with van der Waals surface area (Å²) in [6.45, 7) is 0. The van der Waals surface area contributed by atoms with E-state index in [9.17, 15) is 0 Å². The van der Waals surface area contributed by atoms with E-state index in [2.05, 4.69) is 158 Å². The lowest BCUT2D eigenvalue weighted by Gasteiger charge is -2.16. The summed E-state index contributed by atoms with van der Waals surface area (Å²) in [5, 5.41) is 2.46. The first kappa shape index (κ1) is 28.8. The van der Waals surface area contributed by atoms with Crippen molar-refractivity contribution < 1.29 is 4.74 Å². The largest absolute Gasteiger partial charge is 0.485 e. The summed E-state index contributed by atoms with van der Waals surface area (Å²) in [7, 11) is 0. The Morgan fingerprint density at radius 1 is 0.460 bits per heavy atom. The number of hydrogen-bond acceptors (Lipinski definition) is 5. The second-order valence-corrected chi connectivity index (χ2v) is 13.7. The lowest BCUT2D eigenvalue weighted by atomic mass is 9.86. The first-order valence-electron chi connectivity index (χ1n) is 16.9. The van der Waals surface area contributed by atoms with Crippen LogP contribution in [0.3, 0.4) is 0 Å². The van der Waals surface area contributed by atoms with Crippen molar-refractivity contribution >= 4 is 31.5 Å². The monoisotopic (exact) mass is 659 g/mol. The van der Waals surface area contributed by atoms with Crippen molar-refractivity contribution in [3.63, 3.8) is 0 Å². The van der Waals surface area contributed by atoms with Crippen LogP contribution in [0.2, 0.25) is 0 Å². The number of ether oxygens (including phenoxy) is 1. The van der Waals surface area contributed by atoms with Crippen molar-refractivity contribution in [2.45, 2.75) is 12.0 Å². The van der Waals surface area contributed by atoms with Crippen LogP contribution in [0.25, 0.3) is 76.6 Å². The number of nitrogens with zero attached hydrogens (tertiary/aromatic N) is 3. The van der Waals surface area contributed by atoms with E-state index in [1.165, 1.54) is 31.3 Å². The van der Waals surface area contributed by atoms with Crippen LogP contribution in [0.5, 0.6) is 5.75 Å². The highest BCUT2D eigenvalue weighted by Gasteiger charge is 2.34. The molecule has 50 heavy (non-hydrogen) atoms. The Hall–Kier alpha value is -6.17. The zero-order valence-corrected chi connectivity index (χ0v) is 27.7. The molecular weight excluding hydrogens is 631 g/mol. The summed E-state index contributed by atoms with van der Waals surface area (Å²) >= 11 is 1.78. The molecule has 5 heteroatoms. The number of hydrogen-bond donors (Lipinski definition) is 0. The summed E-state index contributed by atoms with van der Waals surface area (Å²) in [5.74, 6) is 3.11. The van der Waals surface area contributed by atoms with Gasteiger partial charge in [0, 0.05) is 48.3 Å². The van der Waals surface area contributed by atoms with Crippen molar-refractivity contribution in [2.24, 2.45) is 0 Å². The van der Waals surface area contributed by atoms with E-state index < -0.39 is 0 Å². The summed E-state index contributed by atoms with van der Waals surface area (Å²) in [6, 6.07) is 48.7. The Morgan fingerprint density at radius 3 is 1.96 bits per heavy atom. The minimum atomic E-state index is 0.0432. The predicted molar refractivity (Wildman–Crippen MR) is 205 cm³/mol. The number of rotatable bonds is 5. The number of thiophene rings is 1. The maximum Gasteiger partial charge on any atom is 0.165 e. The number of allylic oxidation sites excluding steroid dienone is 2. The smallest absolute Gasteiger partial charge is 0.165 e. The molecular formula is C45H29N3OS. The third-order valence-electron chi connectivity index (χ3n) is 9.73. The van der Waals surface area contributed by atoms with E-state index in [0.717, 1.165) is 39.1 Å². The van der Waals surface area contributed by atoms with Crippen molar-refractivity contribution in [2.75, 3.05) is 0 Å². The van der Waals surface area contributed by atoms with Crippen LogP contribution >= 0.6 is 11.3 Å². The molecule has 6 aromatic carbocycles. The highest BCUT2D eigenvalue weighted by molar-refractivity contribution is 7.26. The molecule has 1 aliphatic carbocycles. The van der Waals surface area contributed by atoms with Crippen LogP contribution in [0, 0.1) is 0 Å². The quantitative estimate of drug-likeness (QED) is 0.184. The van der Waals surface area contributed by atoms with Crippen molar-refractivity contribution in [1.29, 1.82) is 0 Å². The normalized spacial score (nSPS) is 16.0. The van der Waals surface area contributed by atoms with Gasteiger partial charge in [0.05, 0.1) is 0 Å². The molecule has 8 aromatic rings. The highest BCUT2D eigenvalue weighted by atomic mass is 32.1. The summed E-state index contributed by atoms with van der Waals surface area (Å²) < 4.78 is 8.73. The van der Waals surface area contributed by atoms with Gasteiger partial charge in [-0.05, 0) is 46.5 Å². The zero-order chi connectivity index (χ0) is 33.0. The van der Waals surface area contributed by atoms with Crippen molar-refractivity contribution in [3.05, 3.63) is 169 Å². The number of aromatic nitrogens is 3. The SMILES string of the molecule is C1=CC2Oc3cccc(-c4ccc(-c5nc(-c6ccccc6-c6ccccc6)nc(-c6cccc7c6sc6ccccc67)n5)cc4)c3C2C=C1. The first-order valence-corrected chi connectivity index (χ1v) is 17.7. The Morgan fingerprint density at radius 2 is 1.08 bits per heavy atom. The van der Waals surface area contributed by atoms with Gasteiger partial charge in [-0.3, -0.25) is 0 Å². The highest BCUT2D eigenvalue weighted by Crippen LogP contribution is 2.46. The average molecular weight is 660 g/mol. The van der Waals surface area contributed by atoms with Crippen molar-refractivity contribution in [3.8, 4) is 62.2 Å². The van der Waals surface area contributed by atoms with Crippen LogP contribution in [0.1, 0.15) is 11.5 Å².